The molecule has 28 heavy (non-hydrogen) atoms. The Morgan fingerprint density at radius 2 is 1.61 bits per heavy atom. The lowest BCUT2D eigenvalue weighted by Crippen LogP contribution is -2.15. The Labute approximate surface area is 163 Å². The van der Waals surface area contributed by atoms with Crippen LogP contribution in [-0.2, 0) is 0 Å². The van der Waals surface area contributed by atoms with Crippen LogP contribution in [0.4, 0.5) is 17.1 Å². The molecule has 0 radical (unpaired) electrons. The van der Waals surface area contributed by atoms with Gasteiger partial charge in [-0.1, -0.05) is 36.4 Å². The van der Waals surface area contributed by atoms with Crippen LogP contribution in [0.2, 0.25) is 0 Å². The molecule has 0 aliphatic carbocycles. The summed E-state index contributed by atoms with van der Waals surface area (Å²) in [6.07, 6.45) is 3.42. The van der Waals surface area contributed by atoms with Gasteiger partial charge in [0.2, 0.25) is 0 Å². The van der Waals surface area contributed by atoms with Gasteiger partial charge in [-0.15, -0.1) is 0 Å². The van der Waals surface area contributed by atoms with Crippen LogP contribution in [0.1, 0.15) is 21.6 Å². The molecule has 5 heteroatoms. The largest absolute Gasteiger partial charge is 0.352 e. The number of nitrogens with one attached hydrogen (secondary N) is 2. The van der Waals surface area contributed by atoms with Crippen molar-refractivity contribution in [3.63, 3.8) is 0 Å². The quantitative estimate of drug-likeness (QED) is 0.517. The van der Waals surface area contributed by atoms with Gasteiger partial charge in [-0.3, -0.25) is 9.78 Å². The molecule has 1 amide bonds. The number of fused-ring (bicyclic) bond motifs is 1. The monoisotopic (exact) mass is 368 g/mol. The molecule has 0 bridgehead atoms. The van der Waals surface area contributed by atoms with Crippen molar-refractivity contribution in [1.29, 1.82) is 0 Å². The summed E-state index contributed by atoms with van der Waals surface area (Å²) in [4.78, 5) is 21.3. The number of benzene rings is 2. The lowest BCUT2D eigenvalue weighted by molar-refractivity contribution is 0.102. The van der Waals surface area contributed by atoms with Crippen molar-refractivity contribution in [1.82, 2.24) is 9.97 Å². The van der Waals surface area contributed by atoms with Crippen molar-refractivity contribution in [3.05, 3.63) is 89.9 Å². The lowest BCUT2D eigenvalue weighted by Gasteiger charge is -2.12. The SMILES string of the molecule is Cc1cccc(C)c1NC(=O)c1ccc(Nc2cccc3cccnc23)cn1. The van der Waals surface area contributed by atoms with Crippen molar-refractivity contribution in [2.75, 3.05) is 10.6 Å². The molecule has 2 heterocycles. The molecular weight excluding hydrogens is 348 g/mol. The summed E-state index contributed by atoms with van der Waals surface area (Å²) in [6.45, 7) is 3.95. The summed E-state index contributed by atoms with van der Waals surface area (Å²) >= 11 is 0. The number of carbonyl (C=O) groups is 1. The predicted octanol–water partition coefficient (Wildman–Crippen LogP) is 5.24. The minimum Gasteiger partial charge on any atom is -0.352 e. The zero-order valence-electron chi connectivity index (χ0n) is 15.7. The Hall–Kier alpha value is -3.73. The molecule has 0 aliphatic heterocycles. The number of pyridine rings is 2. The lowest BCUT2D eigenvalue weighted by atomic mass is 10.1. The van der Waals surface area contributed by atoms with E-state index in [0.29, 0.717) is 5.69 Å². The maximum absolute atomic E-state index is 12.6. The zero-order valence-corrected chi connectivity index (χ0v) is 15.7. The van der Waals surface area contributed by atoms with Gasteiger partial charge < -0.3 is 10.6 Å². The third-order valence-corrected chi connectivity index (χ3v) is 4.63. The van der Waals surface area contributed by atoms with E-state index < -0.39 is 0 Å². The molecule has 0 saturated heterocycles. The smallest absolute Gasteiger partial charge is 0.274 e. The summed E-state index contributed by atoms with van der Waals surface area (Å²) in [5, 5.41) is 7.34. The number of carbonyl (C=O) groups excluding carboxylic acids is 1. The van der Waals surface area contributed by atoms with Crippen molar-refractivity contribution < 1.29 is 4.79 Å². The van der Waals surface area contributed by atoms with E-state index >= 15 is 0 Å². The van der Waals surface area contributed by atoms with Crippen LogP contribution < -0.4 is 10.6 Å². The minimum atomic E-state index is -0.226. The highest BCUT2D eigenvalue weighted by atomic mass is 16.1. The Morgan fingerprint density at radius 3 is 2.36 bits per heavy atom. The van der Waals surface area contributed by atoms with Crippen molar-refractivity contribution in [3.8, 4) is 0 Å². The van der Waals surface area contributed by atoms with E-state index in [9.17, 15) is 4.79 Å². The number of rotatable bonds is 4. The third-order valence-electron chi connectivity index (χ3n) is 4.63. The molecule has 138 valence electrons. The van der Waals surface area contributed by atoms with Gasteiger partial charge >= 0.3 is 0 Å². The number of hydrogen-bond acceptors (Lipinski definition) is 4. The maximum Gasteiger partial charge on any atom is 0.274 e. The Balaban J connectivity index is 1.53. The molecule has 0 spiro atoms. The summed E-state index contributed by atoms with van der Waals surface area (Å²) < 4.78 is 0. The fraction of sp³-hybridized carbons (Fsp3) is 0.0870. The van der Waals surface area contributed by atoms with Crippen LogP contribution in [0.3, 0.4) is 0 Å². The first-order valence-corrected chi connectivity index (χ1v) is 9.06. The van der Waals surface area contributed by atoms with Crippen molar-refractivity contribution >= 4 is 33.9 Å². The van der Waals surface area contributed by atoms with Crippen LogP contribution in [0, 0.1) is 13.8 Å². The van der Waals surface area contributed by atoms with Gasteiger partial charge in [-0.25, -0.2) is 4.98 Å². The molecule has 0 unspecified atom stereocenters. The van der Waals surface area contributed by atoms with Crippen LogP contribution in [0.15, 0.2) is 73.1 Å². The summed E-state index contributed by atoms with van der Waals surface area (Å²) in [6, 6.07) is 19.4. The predicted molar refractivity (Wildman–Crippen MR) is 113 cm³/mol. The van der Waals surface area contributed by atoms with E-state index in [1.54, 1.807) is 18.5 Å². The van der Waals surface area contributed by atoms with E-state index in [2.05, 4.69) is 20.6 Å². The maximum atomic E-state index is 12.6. The van der Waals surface area contributed by atoms with Crippen molar-refractivity contribution in [2.45, 2.75) is 13.8 Å². The van der Waals surface area contributed by atoms with Crippen LogP contribution in [0.25, 0.3) is 10.9 Å². The zero-order chi connectivity index (χ0) is 19.5. The number of aromatic nitrogens is 2. The second kappa shape index (κ2) is 7.48. The van der Waals surface area contributed by atoms with E-state index in [4.69, 9.17) is 0 Å². The molecule has 2 aromatic heterocycles. The standard InChI is InChI=1S/C23H20N4O/c1-15-6-3-7-16(2)21(15)27-23(28)20-12-11-18(14-25-20)26-19-10-4-8-17-9-5-13-24-22(17)19/h3-14,26H,1-2H3,(H,27,28). The number of nitrogens with zero attached hydrogens (tertiary/aromatic N) is 2. The van der Waals surface area contributed by atoms with Gasteiger partial charge in [0.25, 0.3) is 5.91 Å². The molecule has 0 aliphatic rings. The topological polar surface area (TPSA) is 66.9 Å². The van der Waals surface area contributed by atoms with E-state index in [-0.39, 0.29) is 5.91 Å². The Bertz CT molecular complexity index is 1130. The van der Waals surface area contributed by atoms with E-state index in [0.717, 1.165) is 39.1 Å². The summed E-state index contributed by atoms with van der Waals surface area (Å²) in [7, 11) is 0. The van der Waals surface area contributed by atoms with Gasteiger partial charge in [-0.2, -0.15) is 0 Å². The van der Waals surface area contributed by atoms with E-state index in [1.807, 2.05) is 68.4 Å². The number of hydrogen-bond donors (Lipinski definition) is 2. The molecule has 4 rings (SSSR count). The van der Waals surface area contributed by atoms with Crippen LogP contribution in [0.5, 0.6) is 0 Å². The van der Waals surface area contributed by atoms with Gasteiger partial charge in [0.15, 0.2) is 0 Å². The highest BCUT2D eigenvalue weighted by Crippen LogP contribution is 2.24. The normalized spacial score (nSPS) is 10.6. The molecule has 2 aromatic carbocycles. The van der Waals surface area contributed by atoms with Crippen molar-refractivity contribution in [2.24, 2.45) is 0 Å². The number of aryl methyl sites for hydroxylation is 2. The molecule has 5 nitrogen and oxygen atoms in total. The molecular formula is C23H20N4O. The number of para-hydroxylation sites is 2. The molecule has 4 aromatic rings. The fourth-order valence-electron chi connectivity index (χ4n) is 3.15. The molecule has 0 atom stereocenters. The Morgan fingerprint density at radius 1 is 0.857 bits per heavy atom. The third kappa shape index (κ3) is 3.55. The number of anilines is 3. The first kappa shape index (κ1) is 17.7. The summed E-state index contributed by atoms with van der Waals surface area (Å²) in [5.41, 5.74) is 5.82. The van der Waals surface area contributed by atoms with Gasteiger partial charge in [0.05, 0.1) is 23.1 Å². The highest BCUT2D eigenvalue weighted by molar-refractivity contribution is 6.04. The molecule has 2 N–H and O–H groups in total. The first-order valence-electron chi connectivity index (χ1n) is 9.06. The van der Waals surface area contributed by atoms with Gasteiger partial charge in [0.1, 0.15) is 5.69 Å². The number of amides is 1. The average molecular weight is 368 g/mol. The fourth-order valence-corrected chi connectivity index (χ4v) is 3.15. The first-order chi connectivity index (χ1) is 13.6. The van der Waals surface area contributed by atoms with Crippen LogP contribution in [-0.4, -0.2) is 15.9 Å². The highest BCUT2D eigenvalue weighted by Gasteiger charge is 2.11. The van der Waals surface area contributed by atoms with Gasteiger partial charge in [0, 0.05) is 17.3 Å². The average Bonchev–Trinajstić information content (AvgIpc) is 2.71. The second-order valence-electron chi connectivity index (χ2n) is 6.66. The van der Waals surface area contributed by atoms with Crippen LogP contribution >= 0.6 is 0 Å². The second-order valence-corrected chi connectivity index (χ2v) is 6.66. The molecule has 0 fully saturated rings. The minimum absolute atomic E-state index is 0.226. The van der Waals surface area contributed by atoms with Gasteiger partial charge in [-0.05, 0) is 49.2 Å². The summed E-state index contributed by atoms with van der Waals surface area (Å²) in [5.74, 6) is -0.226. The Kier molecular flexibility index (Phi) is 4.72. The van der Waals surface area contributed by atoms with E-state index in [1.165, 1.54) is 0 Å². The molecule has 0 saturated carbocycles.